The van der Waals surface area contributed by atoms with Gasteiger partial charge in [0, 0.05) is 6.04 Å². The molecule has 0 bridgehead atoms. The Hall–Kier alpha value is -1.06. The number of aliphatic carboxylic acids is 1. The lowest BCUT2D eigenvalue weighted by molar-refractivity contribution is -0.140. The van der Waals surface area contributed by atoms with Crippen LogP contribution in [0.25, 0.3) is 0 Å². The van der Waals surface area contributed by atoms with Crippen LogP contribution in [0.4, 0.5) is 0 Å². The first-order chi connectivity index (χ1) is 8.84. The molecule has 0 aromatic carbocycles. The van der Waals surface area contributed by atoms with Crippen molar-refractivity contribution >= 4 is 11.9 Å². The Morgan fingerprint density at radius 3 is 2.37 bits per heavy atom. The van der Waals surface area contributed by atoms with Crippen molar-refractivity contribution in [2.75, 3.05) is 0 Å². The van der Waals surface area contributed by atoms with E-state index in [0.29, 0.717) is 0 Å². The standard InChI is InChI=1S/C15H25NO3/c1-9-5-4-6-10(8-7-9)16-13(17)11-12(14(18)19)15(11,2)3/h9-12H,4-8H2,1-3H3,(H,16,17)(H,18,19)/t9?,10?,11-,12+/m1/s1. The van der Waals surface area contributed by atoms with Gasteiger partial charge < -0.3 is 10.4 Å². The predicted octanol–water partition coefficient (Wildman–Crippen LogP) is 2.43. The highest BCUT2D eigenvalue weighted by atomic mass is 16.4. The second kappa shape index (κ2) is 5.14. The Balaban J connectivity index is 1.90. The number of rotatable bonds is 3. The Kier molecular flexibility index (Phi) is 3.88. The van der Waals surface area contributed by atoms with Crippen LogP contribution in [0, 0.1) is 23.2 Å². The average Bonchev–Trinajstić information content (AvgIpc) is 2.93. The van der Waals surface area contributed by atoms with Crippen molar-refractivity contribution in [2.24, 2.45) is 23.2 Å². The first kappa shape index (κ1) is 14.4. The van der Waals surface area contributed by atoms with Gasteiger partial charge in [0.05, 0.1) is 11.8 Å². The monoisotopic (exact) mass is 267 g/mol. The zero-order valence-electron chi connectivity index (χ0n) is 12.1. The van der Waals surface area contributed by atoms with Crippen LogP contribution in [0.15, 0.2) is 0 Å². The van der Waals surface area contributed by atoms with Gasteiger partial charge in [-0.05, 0) is 30.6 Å². The number of carbonyl (C=O) groups is 2. The average molecular weight is 267 g/mol. The summed E-state index contributed by atoms with van der Waals surface area (Å²) in [7, 11) is 0. The maximum absolute atomic E-state index is 12.2. The number of hydrogen-bond acceptors (Lipinski definition) is 2. The molecule has 0 radical (unpaired) electrons. The molecule has 0 aliphatic heterocycles. The molecule has 2 unspecified atom stereocenters. The van der Waals surface area contributed by atoms with Crippen LogP contribution in [-0.2, 0) is 9.59 Å². The highest BCUT2D eigenvalue weighted by Gasteiger charge is 2.65. The first-order valence-electron chi connectivity index (χ1n) is 7.37. The molecule has 0 aromatic rings. The summed E-state index contributed by atoms with van der Waals surface area (Å²) in [6, 6.07) is 0.239. The quantitative estimate of drug-likeness (QED) is 0.772. The van der Waals surface area contributed by atoms with E-state index in [4.69, 9.17) is 5.11 Å². The summed E-state index contributed by atoms with van der Waals surface area (Å²) in [6.45, 7) is 5.99. The normalized spacial score (nSPS) is 37.2. The van der Waals surface area contributed by atoms with Crippen molar-refractivity contribution < 1.29 is 14.7 Å². The highest BCUT2D eigenvalue weighted by molar-refractivity contribution is 5.91. The molecule has 2 aliphatic rings. The Morgan fingerprint density at radius 1 is 1.11 bits per heavy atom. The number of carboxylic acids is 1. The maximum Gasteiger partial charge on any atom is 0.307 e. The van der Waals surface area contributed by atoms with Crippen LogP contribution in [0.5, 0.6) is 0 Å². The third-order valence-electron chi connectivity index (χ3n) is 4.98. The van der Waals surface area contributed by atoms with Gasteiger partial charge in [0.1, 0.15) is 0 Å². The smallest absolute Gasteiger partial charge is 0.307 e. The molecule has 2 fully saturated rings. The fourth-order valence-corrected chi connectivity index (χ4v) is 3.51. The minimum Gasteiger partial charge on any atom is -0.481 e. The molecule has 2 saturated carbocycles. The fraction of sp³-hybridized carbons (Fsp3) is 0.867. The lowest BCUT2D eigenvalue weighted by Crippen LogP contribution is -2.36. The van der Waals surface area contributed by atoms with Crippen LogP contribution in [0.3, 0.4) is 0 Å². The van der Waals surface area contributed by atoms with Gasteiger partial charge in [-0.3, -0.25) is 9.59 Å². The third kappa shape index (κ3) is 2.93. The molecule has 0 aromatic heterocycles. The topological polar surface area (TPSA) is 66.4 Å². The molecule has 0 heterocycles. The SMILES string of the molecule is CC1CCCC(NC(=O)[C@H]2[C@@H](C(=O)O)C2(C)C)CC1. The fourth-order valence-electron chi connectivity index (χ4n) is 3.51. The molecule has 108 valence electrons. The van der Waals surface area contributed by atoms with Crippen molar-refractivity contribution in [3.05, 3.63) is 0 Å². The van der Waals surface area contributed by atoms with Crippen LogP contribution >= 0.6 is 0 Å². The highest BCUT2D eigenvalue weighted by Crippen LogP contribution is 2.58. The van der Waals surface area contributed by atoms with Crippen molar-refractivity contribution in [3.63, 3.8) is 0 Å². The van der Waals surface area contributed by atoms with Crippen LogP contribution < -0.4 is 5.32 Å². The second-order valence-corrected chi connectivity index (χ2v) is 6.93. The summed E-state index contributed by atoms with van der Waals surface area (Å²) in [6.07, 6.45) is 5.60. The van der Waals surface area contributed by atoms with Gasteiger partial charge in [-0.2, -0.15) is 0 Å². The molecule has 2 N–H and O–H groups in total. The summed E-state index contributed by atoms with van der Waals surface area (Å²) in [5.74, 6) is -1.04. The molecule has 0 spiro atoms. The van der Waals surface area contributed by atoms with E-state index in [0.717, 1.165) is 31.6 Å². The van der Waals surface area contributed by atoms with E-state index in [1.807, 2.05) is 13.8 Å². The molecular formula is C15H25NO3. The van der Waals surface area contributed by atoms with Gasteiger partial charge in [0.2, 0.25) is 5.91 Å². The van der Waals surface area contributed by atoms with Gasteiger partial charge in [-0.1, -0.05) is 33.6 Å². The van der Waals surface area contributed by atoms with Crippen molar-refractivity contribution in [2.45, 2.75) is 58.9 Å². The van der Waals surface area contributed by atoms with E-state index in [-0.39, 0.29) is 17.9 Å². The van der Waals surface area contributed by atoms with Crippen LogP contribution in [0.1, 0.15) is 52.9 Å². The number of amides is 1. The van der Waals surface area contributed by atoms with E-state index in [9.17, 15) is 9.59 Å². The number of carbonyl (C=O) groups excluding carboxylic acids is 1. The molecule has 4 atom stereocenters. The Morgan fingerprint density at radius 2 is 1.79 bits per heavy atom. The second-order valence-electron chi connectivity index (χ2n) is 6.93. The molecule has 0 saturated heterocycles. The van der Waals surface area contributed by atoms with Gasteiger partial charge in [-0.25, -0.2) is 0 Å². The van der Waals surface area contributed by atoms with Crippen molar-refractivity contribution in [3.8, 4) is 0 Å². The van der Waals surface area contributed by atoms with Gasteiger partial charge >= 0.3 is 5.97 Å². The molecule has 19 heavy (non-hydrogen) atoms. The number of nitrogens with one attached hydrogen (secondary N) is 1. The molecule has 2 aliphatic carbocycles. The minimum absolute atomic E-state index is 0.0584. The molecule has 4 heteroatoms. The lowest BCUT2D eigenvalue weighted by atomic mass is 10.0. The Bertz CT molecular complexity index is 378. The number of carboxylic acid groups (broad SMARTS) is 1. The van der Waals surface area contributed by atoms with Crippen molar-refractivity contribution in [1.29, 1.82) is 0 Å². The lowest BCUT2D eigenvalue weighted by Gasteiger charge is -2.17. The van der Waals surface area contributed by atoms with Gasteiger partial charge in [0.15, 0.2) is 0 Å². The van der Waals surface area contributed by atoms with Crippen molar-refractivity contribution in [1.82, 2.24) is 5.32 Å². The maximum atomic E-state index is 12.2. The zero-order chi connectivity index (χ0) is 14.2. The van der Waals surface area contributed by atoms with E-state index in [1.165, 1.54) is 6.42 Å². The third-order valence-corrected chi connectivity index (χ3v) is 4.98. The summed E-state index contributed by atoms with van der Waals surface area (Å²) in [4.78, 5) is 23.3. The van der Waals surface area contributed by atoms with Gasteiger partial charge in [-0.15, -0.1) is 0 Å². The summed E-state index contributed by atoms with van der Waals surface area (Å²) < 4.78 is 0. The van der Waals surface area contributed by atoms with E-state index >= 15 is 0 Å². The van der Waals surface area contributed by atoms with E-state index in [2.05, 4.69) is 12.2 Å². The largest absolute Gasteiger partial charge is 0.481 e. The Labute approximate surface area is 115 Å². The van der Waals surface area contributed by atoms with E-state index in [1.54, 1.807) is 0 Å². The molecule has 4 nitrogen and oxygen atoms in total. The zero-order valence-corrected chi connectivity index (χ0v) is 12.1. The summed E-state index contributed by atoms with van der Waals surface area (Å²) >= 11 is 0. The number of hydrogen-bond donors (Lipinski definition) is 2. The minimum atomic E-state index is -0.848. The summed E-state index contributed by atoms with van der Waals surface area (Å²) in [5.41, 5.74) is -0.395. The predicted molar refractivity (Wildman–Crippen MR) is 72.6 cm³/mol. The summed E-state index contributed by atoms with van der Waals surface area (Å²) in [5, 5.41) is 12.2. The molecular weight excluding hydrogens is 242 g/mol. The van der Waals surface area contributed by atoms with Gasteiger partial charge in [0.25, 0.3) is 0 Å². The molecule has 2 rings (SSSR count). The first-order valence-corrected chi connectivity index (χ1v) is 7.37. The van der Waals surface area contributed by atoms with E-state index < -0.39 is 17.3 Å². The van der Waals surface area contributed by atoms with Crippen LogP contribution in [0.2, 0.25) is 0 Å². The van der Waals surface area contributed by atoms with Crippen LogP contribution in [-0.4, -0.2) is 23.0 Å². The molecule has 1 amide bonds.